The van der Waals surface area contributed by atoms with Gasteiger partial charge >= 0.3 is 0 Å². The Morgan fingerprint density at radius 3 is 2.50 bits per heavy atom. The smallest absolute Gasteiger partial charge is 0.202 e. The normalized spacial score (nSPS) is 26.8. The van der Waals surface area contributed by atoms with Crippen LogP contribution >= 0.6 is 15.9 Å². The van der Waals surface area contributed by atoms with E-state index >= 15 is 0 Å². The van der Waals surface area contributed by atoms with Gasteiger partial charge in [-0.2, -0.15) is 0 Å². The SMILES string of the molecule is O=[C]C1CC1c1ccc(Br)cc1. The van der Waals surface area contributed by atoms with Crippen molar-refractivity contribution in [2.75, 3.05) is 0 Å². The largest absolute Gasteiger partial charge is 0.291 e. The van der Waals surface area contributed by atoms with Gasteiger partial charge in [0.05, 0.1) is 0 Å². The fraction of sp³-hybridized carbons (Fsp3) is 0.300. The third-order valence-corrected chi connectivity index (χ3v) is 2.77. The first-order valence-electron chi connectivity index (χ1n) is 3.94. The maximum Gasteiger partial charge on any atom is 0.202 e. The molecular formula is C10H8BrO. The Hall–Kier alpha value is -0.630. The number of hydrogen-bond acceptors (Lipinski definition) is 1. The van der Waals surface area contributed by atoms with Crippen LogP contribution in [0.5, 0.6) is 0 Å². The topological polar surface area (TPSA) is 17.1 Å². The molecule has 1 aromatic rings. The summed E-state index contributed by atoms with van der Waals surface area (Å²) in [5, 5.41) is 0. The van der Waals surface area contributed by atoms with Crippen LogP contribution in [0.15, 0.2) is 28.7 Å². The molecule has 1 saturated carbocycles. The van der Waals surface area contributed by atoms with Crippen molar-refractivity contribution >= 4 is 22.2 Å². The summed E-state index contributed by atoms with van der Waals surface area (Å²) >= 11 is 3.37. The van der Waals surface area contributed by atoms with Gasteiger partial charge in [0.2, 0.25) is 6.29 Å². The van der Waals surface area contributed by atoms with Gasteiger partial charge in [0, 0.05) is 10.4 Å². The molecule has 1 aliphatic rings. The van der Waals surface area contributed by atoms with Crippen molar-refractivity contribution in [2.45, 2.75) is 12.3 Å². The molecule has 0 N–H and O–H groups in total. The number of carbonyl (C=O) groups excluding carboxylic acids is 1. The van der Waals surface area contributed by atoms with Gasteiger partial charge in [0.15, 0.2) is 0 Å². The van der Waals surface area contributed by atoms with Crippen LogP contribution in [-0.4, -0.2) is 6.29 Å². The molecule has 1 nitrogen and oxygen atoms in total. The molecule has 0 bridgehead atoms. The first-order chi connectivity index (χ1) is 5.81. The molecule has 2 rings (SSSR count). The van der Waals surface area contributed by atoms with E-state index in [1.165, 1.54) is 5.56 Å². The zero-order chi connectivity index (χ0) is 8.55. The van der Waals surface area contributed by atoms with Crippen LogP contribution in [0, 0.1) is 5.92 Å². The van der Waals surface area contributed by atoms with Gasteiger partial charge in [-0.1, -0.05) is 28.1 Å². The zero-order valence-corrected chi connectivity index (χ0v) is 8.04. The van der Waals surface area contributed by atoms with E-state index in [-0.39, 0.29) is 5.92 Å². The minimum Gasteiger partial charge on any atom is -0.291 e. The molecule has 0 saturated heterocycles. The second kappa shape index (κ2) is 3.02. The van der Waals surface area contributed by atoms with Crippen molar-refractivity contribution in [1.29, 1.82) is 0 Å². The summed E-state index contributed by atoms with van der Waals surface area (Å²) in [6.07, 6.45) is 3.02. The van der Waals surface area contributed by atoms with Crippen LogP contribution in [-0.2, 0) is 4.79 Å². The van der Waals surface area contributed by atoms with Crippen molar-refractivity contribution in [3.05, 3.63) is 34.3 Å². The van der Waals surface area contributed by atoms with Crippen LogP contribution in [0.4, 0.5) is 0 Å². The molecule has 1 aromatic carbocycles. The summed E-state index contributed by atoms with van der Waals surface area (Å²) < 4.78 is 1.08. The van der Waals surface area contributed by atoms with Gasteiger partial charge < -0.3 is 0 Å². The summed E-state index contributed by atoms with van der Waals surface area (Å²) in [5.74, 6) is 0.599. The molecule has 0 aliphatic heterocycles. The Morgan fingerprint density at radius 1 is 1.33 bits per heavy atom. The fourth-order valence-electron chi connectivity index (χ4n) is 1.40. The monoisotopic (exact) mass is 223 g/mol. The summed E-state index contributed by atoms with van der Waals surface area (Å²) in [7, 11) is 0. The molecular weight excluding hydrogens is 216 g/mol. The van der Waals surface area contributed by atoms with E-state index in [1.54, 1.807) is 0 Å². The highest BCUT2D eigenvalue weighted by Gasteiger charge is 2.38. The average molecular weight is 224 g/mol. The minimum absolute atomic E-state index is 0.158. The summed E-state index contributed by atoms with van der Waals surface area (Å²) in [6.45, 7) is 0. The van der Waals surface area contributed by atoms with Crippen molar-refractivity contribution in [2.24, 2.45) is 5.92 Å². The highest BCUT2D eigenvalue weighted by molar-refractivity contribution is 9.10. The highest BCUT2D eigenvalue weighted by atomic mass is 79.9. The molecule has 2 unspecified atom stereocenters. The summed E-state index contributed by atoms with van der Waals surface area (Å²) in [5.41, 5.74) is 1.26. The number of rotatable bonds is 2. The predicted octanol–water partition coefficient (Wildman–Crippen LogP) is 2.66. The molecule has 12 heavy (non-hydrogen) atoms. The van der Waals surface area contributed by atoms with Crippen molar-refractivity contribution in [1.82, 2.24) is 0 Å². The van der Waals surface area contributed by atoms with E-state index in [9.17, 15) is 4.79 Å². The average Bonchev–Trinajstić information content (AvgIpc) is 2.85. The van der Waals surface area contributed by atoms with E-state index in [0.29, 0.717) is 5.92 Å². The third-order valence-electron chi connectivity index (χ3n) is 2.24. The first-order valence-corrected chi connectivity index (χ1v) is 4.73. The van der Waals surface area contributed by atoms with Gasteiger partial charge in [-0.3, -0.25) is 4.79 Å². The Bertz CT molecular complexity index is 291. The summed E-state index contributed by atoms with van der Waals surface area (Å²) in [6, 6.07) is 8.14. The lowest BCUT2D eigenvalue weighted by molar-refractivity contribution is 0.548. The Morgan fingerprint density at radius 2 is 2.00 bits per heavy atom. The molecule has 61 valence electrons. The molecule has 2 atom stereocenters. The van der Waals surface area contributed by atoms with Crippen LogP contribution in [0.2, 0.25) is 0 Å². The molecule has 1 radical (unpaired) electrons. The lowest BCUT2D eigenvalue weighted by Gasteiger charge is -1.96. The molecule has 2 heteroatoms. The Labute approximate surface area is 79.9 Å². The second-order valence-electron chi connectivity index (χ2n) is 3.12. The molecule has 1 aliphatic carbocycles. The molecule has 0 heterocycles. The van der Waals surface area contributed by atoms with Gasteiger partial charge in [0.1, 0.15) is 0 Å². The minimum atomic E-state index is 0.158. The van der Waals surface area contributed by atoms with Gasteiger partial charge in [0.25, 0.3) is 0 Å². The van der Waals surface area contributed by atoms with Crippen molar-refractivity contribution < 1.29 is 4.79 Å². The van der Waals surface area contributed by atoms with Crippen LogP contribution < -0.4 is 0 Å². The Balaban J connectivity index is 2.15. The Kier molecular flexibility index (Phi) is 2.01. The maximum atomic E-state index is 10.3. The second-order valence-corrected chi connectivity index (χ2v) is 4.03. The van der Waals surface area contributed by atoms with Crippen LogP contribution in [0.1, 0.15) is 17.9 Å². The maximum absolute atomic E-state index is 10.3. The van der Waals surface area contributed by atoms with Crippen molar-refractivity contribution in [3.8, 4) is 0 Å². The zero-order valence-electron chi connectivity index (χ0n) is 6.46. The van der Waals surface area contributed by atoms with Gasteiger partial charge in [-0.05, 0) is 30.0 Å². The summed E-state index contributed by atoms with van der Waals surface area (Å²) in [4.78, 5) is 10.3. The van der Waals surface area contributed by atoms with Gasteiger partial charge in [-0.25, -0.2) is 0 Å². The molecule has 0 amide bonds. The lowest BCUT2D eigenvalue weighted by atomic mass is 10.1. The standard InChI is InChI=1S/C10H8BrO/c11-9-3-1-7(2-4-9)10-5-8(10)6-12/h1-4,8,10H,5H2. The predicted molar refractivity (Wildman–Crippen MR) is 50.7 cm³/mol. The van der Waals surface area contributed by atoms with E-state index in [4.69, 9.17) is 0 Å². The number of hydrogen-bond donors (Lipinski definition) is 0. The molecule has 0 spiro atoms. The van der Waals surface area contributed by atoms with E-state index in [1.807, 2.05) is 18.4 Å². The fourth-order valence-corrected chi connectivity index (χ4v) is 1.67. The van der Waals surface area contributed by atoms with Crippen LogP contribution in [0.25, 0.3) is 0 Å². The first kappa shape index (κ1) is 7.99. The van der Waals surface area contributed by atoms with E-state index in [0.717, 1.165) is 10.9 Å². The number of benzene rings is 1. The lowest BCUT2D eigenvalue weighted by Crippen LogP contribution is -1.83. The number of halogens is 1. The van der Waals surface area contributed by atoms with Crippen molar-refractivity contribution in [3.63, 3.8) is 0 Å². The quantitative estimate of drug-likeness (QED) is 0.754. The van der Waals surface area contributed by atoms with Gasteiger partial charge in [-0.15, -0.1) is 0 Å². The molecule has 0 aromatic heterocycles. The van der Waals surface area contributed by atoms with E-state index in [2.05, 4.69) is 28.1 Å². The van der Waals surface area contributed by atoms with Crippen LogP contribution in [0.3, 0.4) is 0 Å². The van der Waals surface area contributed by atoms with E-state index < -0.39 is 0 Å². The molecule has 1 fully saturated rings. The third kappa shape index (κ3) is 1.44. The highest BCUT2D eigenvalue weighted by Crippen LogP contribution is 2.45.